The first kappa shape index (κ1) is 14.1. The number of nitrogens with zero attached hydrogens (tertiary/aromatic N) is 1. The summed E-state index contributed by atoms with van der Waals surface area (Å²) in [6.45, 7) is 5.67. The maximum absolute atomic E-state index is 12.1. The van der Waals surface area contributed by atoms with E-state index in [1.54, 1.807) is 12.2 Å². The van der Waals surface area contributed by atoms with E-state index in [-0.39, 0.29) is 5.91 Å². The van der Waals surface area contributed by atoms with E-state index in [4.69, 9.17) is 11.6 Å². The minimum atomic E-state index is 0.0418. The Morgan fingerprint density at radius 1 is 1.32 bits per heavy atom. The van der Waals surface area contributed by atoms with Gasteiger partial charge in [0.15, 0.2) is 0 Å². The molecule has 0 radical (unpaired) electrons. The smallest absolute Gasteiger partial charge is 0.246 e. The van der Waals surface area contributed by atoms with Crippen LogP contribution in [0.25, 0.3) is 6.08 Å². The molecule has 4 heteroatoms. The third kappa shape index (κ3) is 3.82. The first-order valence-corrected chi connectivity index (χ1v) is 6.91. The summed E-state index contributed by atoms with van der Waals surface area (Å²) in [5.74, 6) is 0.0418. The van der Waals surface area contributed by atoms with Crippen LogP contribution in [0.4, 0.5) is 0 Å². The summed E-state index contributed by atoms with van der Waals surface area (Å²) in [5.41, 5.74) is 0.869. The van der Waals surface area contributed by atoms with Crippen molar-refractivity contribution in [2.75, 3.05) is 13.1 Å². The van der Waals surface area contributed by atoms with Crippen molar-refractivity contribution in [3.63, 3.8) is 0 Å². The second-order valence-electron chi connectivity index (χ2n) is 5.07. The number of benzene rings is 1. The van der Waals surface area contributed by atoms with Crippen LogP contribution in [0, 0.1) is 0 Å². The van der Waals surface area contributed by atoms with Crippen LogP contribution in [-0.2, 0) is 4.79 Å². The summed E-state index contributed by atoms with van der Waals surface area (Å²) in [6, 6.07) is 8.17. The maximum atomic E-state index is 12.1. The van der Waals surface area contributed by atoms with E-state index < -0.39 is 0 Å². The largest absolute Gasteiger partial charge is 0.336 e. The van der Waals surface area contributed by atoms with E-state index in [1.807, 2.05) is 29.2 Å². The fraction of sp³-hybridized carbons (Fsp3) is 0.400. The lowest BCUT2D eigenvalue weighted by molar-refractivity contribution is -0.127. The van der Waals surface area contributed by atoms with Gasteiger partial charge < -0.3 is 10.2 Å². The fourth-order valence-electron chi connectivity index (χ4n) is 2.38. The molecule has 1 heterocycles. The van der Waals surface area contributed by atoms with Crippen LogP contribution in [-0.4, -0.2) is 36.0 Å². The molecule has 1 saturated heterocycles. The molecule has 2 rings (SSSR count). The second-order valence-corrected chi connectivity index (χ2v) is 5.47. The second kappa shape index (κ2) is 6.22. The summed E-state index contributed by atoms with van der Waals surface area (Å²) in [7, 11) is 0. The van der Waals surface area contributed by atoms with Gasteiger partial charge in [-0.2, -0.15) is 0 Å². The zero-order valence-corrected chi connectivity index (χ0v) is 12.0. The number of halogens is 1. The van der Waals surface area contributed by atoms with Gasteiger partial charge in [-0.3, -0.25) is 4.79 Å². The van der Waals surface area contributed by atoms with Crippen LogP contribution in [0.2, 0.25) is 5.02 Å². The number of carbonyl (C=O) groups is 1. The van der Waals surface area contributed by atoms with Gasteiger partial charge in [0.2, 0.25) is 5.91 Å². The maximum Gasteiger partial charge on any atom is 0.246 e. The molecule has 0 spiro atoms. The van der Waals surface area contributed by atoms with Crippen LogP contribution in [0.1, 0.15) is 19.4 Å². The minimum Gasteiger partial charge on any atom is -0.336 e. The van der Waals surface area contributed by atoms with Crippen molar-refractivity contribution in [3.8, 4) is 0 Å². The van der Waals surface area contributed by atoms with Crippen LogP contribution in [0.3, 0.4) is 0 Å². The van der Waals surface area contributed by atoms with Crippen LogP contribution < -0.4 is 5.32 Å². The van der Waals surface area contributed by atoms with E-state index in [0.717, 1.165) is 18.7 Å². The van der Waals surface area contributed by atoms with Crippen LogP contribution in [0.5, 0.6) is 0 Å². The Morgan fingerprint density at radius 3 is 2.58 bits per heavy atom. The Labute approximate surface area is 119 Å². The predicted octanol–water partition coefficient (Wildman–Crippen LogP) is 2.56. The van der Waals surface area contributed by atoms with Crippen molar-refractivity contribution >= 4 is 23.6 Å². The molecule has 1 aliphatic rings. The predicted molar refractivity (Wildman–Crippen MR) is 79.1 cm³/mol. The van der Waals surface area contributed by atoms with Crippen LogP contribution in [0.15, 0.2) is 30.3 Å². The lowest BCUT2D eigenvalue weighted by Crippen LogP contribution is -2.55. The molecule has 19 heavy (non-hydrogen) atoms. The molecule has 1 N–H and O–H groups in total. The molecule has 1 fully saturated rings. The molecule has 1 aliphatic heterocycles. The molecule has 0 aromatic heterocycles. The zero-order valence-electron chi connectivity index (χ0n) is 11.3. The molecular formula is C15H19ClN2O. The molecule has 0 bridgehead atoms. The number of piperazine rings is 1. The zero-order chi connectivity index (χ0) is 13.8. The molecule has 1 aromatic rings. The number of hydrogen-bond acceptors (Lipinski definition) is 2. The highest BCUT2D eigenvalue weighted by atomic mass is 35.5. The normalized spacial score (nSPS) is 23.8. The summed E-state index contributed by atoms with van der Waals surface area (Å²) in [6.07, 6.45) is 3.38. The molecule has 2 unspecified atom stereocenters. The lowest BCUT2D eigenvalue weighted by Gasteiger charge is -2.35. The number of amides is 1. The van der Waals surface area contributed by atoms with E-state index in [9.17, 15) is 4.79 Å². The number of nitrogens with one attached hydrogen (secondary N) is 1. The number of hydrogen-bond donors (Lipinski definition) is 1. The average Bonchev–Trinajstić information content (AvgIpc) is 2.36. The summed E-state index contributed by atoms with van der Waals surface area (Å²) in [4.78, 5) is 14.0. The highest BCUT2D eigenvalue weighted by molar-refractivity contribution is 6.32. The van der Waals surface area contributed by atoms with E-state index in [2.05, 4.69) is 19.2 Å². The molecular weight excluding hydrogens is 260 g/mol. The molecule has 102 valence electrons. The first-order valence-electron chi connectivity index (χ1n) is 6.54. The average molecular weight is 279 g/mol. The molecule has 3 nitrogen and oxygen atoms in total. The lowest BCUT2D eigenvalue weighted by atomic mass is 10.1. The van der Waals surface area contributed by atoms with E-state index >= 15 is 0 Å². The van der Waals surface area contributed by atoms with Gasteiger partial charge in [0.05, 0.1) is 0 Å². The molecule has 1 amide bonds. The Balaban J connectivity index is 2.03. The highest BCUT2D eigenvalue weighted by Crippen LogP contribution is 2.16. The number of rotatable bonds is 2. The number of carbonyl (C=O) groups excluding carboxylic acids is 1. The molecule has 0 aliphatic carbocycles. The van der Waals surface area contributed by atoms with Gasteiger partial charge in [-0.15, -0.1) is 0 Å². The first-order chi connectivity index (χ1) is 9.06. The Morgan fingerprint density at radius 2 is 1.95 bits per heavy atom. The van der Waals surface area contributed by atoms with E-state index in [0.29, 0.717) is 17.1 Å². The van der Waals surface area contributed by atoms with Crippen molar-refractivity contribution in [1.29, 1.82) is 0 Å². The van der Waals surface area contributed by atoms with Gasteiger partial charge in [-0.05, 0) is 31.6 Å². The highest BCUT2D eigenvalue weighted by Gasteiger charge is 2.23. The summed E-state index contributed by atoms with van der Waals surface area (Å²) in [5, 5.41) is 4.07. The topological polar surface area (TPSA) is 32.3 Å². The van der Waals surface area contributed by atoms with Crippen molar-refractivity contribution in [3.05, 3.63) is 40.9 Å². The van der Waals surface area contributed by atoms with Crippen molar-refractivity contribution in [2.45, 2.75) is 25.9 Å². The van der Waals surface area contributed by atoms with Gasteiger partial charge in [0, 0.05) is 36.3 Å². The Hall–Kier alpha value is -1.32. The third-order valence-corrected chi connectivity index (χ3v) is 3.52. The molecule has 2 atom stereocenters. The standard InChI is InChI=1S/C15H19ClN2O/c1-11-9-18(10-12(2)17-11)15(19)8-7-13-5-3-4-6-14(13)16/h3-8,11-12,17H,9-10H2,1-2H3. The van der Waals surface area contributed by atoms with Gasteiger partial charge >= 0.3 is 0 Å². The quantitative estimate of drug-likeness (QED) is 0.844. The van der Waals surface area contributed by atoms with Crippen LogP contribution >= 0.6 is 11.6 Å². The third-order valence-electron chi connectivity index (χ3n) is 3.18. The van der Waals surface area contributed by atoms with Gasteiger partial charge in [0.1, 0.15) is 0 Å². The van der Waals surface area contributed by atoms with Gasteiger partial charge in [0.25, 0.3) is 0 Å². The minimum absolute atomic E-state index is 0.0418. The molecule has 0 saturated carbocycles. The summed E-state index contributed by atoms with van der Waals surface area (Å²) < 4.78 is 0. The molecule has 1 aromatic carbocycles. The van der Waals surface area contributed by atoms with E-state index in [1.165, 1.54) is 0 Å². The van der Waals surface area contributed by atoms with Gasteiger partial charge in [-0.1, -0.05) is 29.8 Å². The van der Waals surface area contributed by atoms with Crippen molar-refractivity contribution in [1.82, 2.24) is 10.2 Å². The van der Waals surface area contributed by atoms with Crippen molar-refractivity contribution in [2.24, 2.45) is 0 Å². The Bertz CT molecular complexity index is 477. The monoisotopic (exact) mass is 278 g/mol. The van der Waals surface area contributed by atoms with Gasteiger partial charge in [-0.25, -0.2) is 0 Å². The Kier molecular flexibility index (Phi) is 4.61. The van der Waals surface area contributed by atoms with Crippen molar-refractivity contribution < 1.29 is 4.79 Å². The SMILES string of the molecule is CC1CN(C(=O)C=Cc2ccccc2Cl)CC(C)N1. The fourth-order valence-corrected chi connectivity index (χ4v) is 2.58. The summed E-state index contributed by atoms with van der Waals surface area (Å²) >= 11 is 6.05.